The summed E-state index contributed by atoms with van der Waals surface area (Å²) < 4.78 is 0. The van der Waals surface area contributed by atoms with Gasteiger partial charge in [0.15, 0.2) is 0 Å². The molecule has 0 unspecified atom stereocenters. The number of nitrogens with one attached hydrogen (secondary N) is 1. The second kappa shape index (κ2) is 6.99. The molecule has 0 radical (unpaired) electrons. The Bertz CT molecular complexity index is 389. The van der Waals surface area contributed by atoms with Gasteiger partial charge >= 0.3 is 0 Å². The number of hydrogen-bond donors (Lipinski definition) is 2. The van der Waals surface area contributed by atoms with Crippen LogP contribution in [0.25, 0.3) is 0 Å². The zero-order valence-electron chi connectivity index (χ0n) is 9.43. The van der Waals surface area contributed by atoms with Crippen LogP contribution in [0.3, 0.4) is 0 Å². The van der Waals surface area contributed by atoms with Gasteiger partial charge in [0.25, 0.3) is 0 Å². The molecule has 0 spiro atoms. The average Bonchev–Trinajstić information content (AvgIpc) is 2.26. The van der Waals surface area contributed by atoms with E-state index in [1.54, 1.807) is 23.9 Å². The number of anilines is 2. The number of carbonyl (C=O) groups excluding carboxylic acids is 1. The van der Waals surface area contributed by atoms with Crippen molar-refractivity contribution in [1.29, 1.82) is 0 Å². The molecule has 1 aromatic carbocycles. The second-order valence-corrected chi connectivity index (χ2v) is 5.37. The van der Waals surface area contributed by atoms with Crippen molar-refractivity contribution in [2.24, 2.45) is 0 Å². The molecule has 0 bridgehead atoms. The minimum atomic E-state index is -0.0691. The second-order valence-electron chi connectivity index (χ2n) is 3.45. The van der Waals surface area contributed by atoms with E-state index in [1.165, 1.54) is 0 Å². The van der Waals surface area contributed by atoms with Crippen molar-refractivity contribution in [2.75, 3.05) is 22.6 Å². The number of nitrogen functional groups attached to an aromatic ring is 1. The van der Waals surface area contributed by atoms with Gasteiger partial charge in [-0.15, -0.1) is 0 Å². The predicted molar refractivity (Wildman–Crippen MR) is 77.1 cm³/mol. The number of benzene rings is 1. The number of hydrogen-bond acceptors (Lipinski definition) is 3. The highest BCUT2D eigenvalue weighted by Crippen LogP contribution is 2.31. The van der Waals surface area contributed by atoms with Crippen LogP contribution in [-0.4, -0.2) is 17.4 Å². The molecular formula is C11H14Cl2N2OS. The van der Waals surface area contributed by atoms with Crippen LogP contribution in [0.2, 0.25) is 10.0 Å². The smallest absolute Gasteiger partial charge is 0.234 e. The van der Waals surface area contributed by atoms with E-state index in [-0.39, 0.29) is 5.91 Å². The Labute approximate surface area is 115 Å². The lowest BCUT2D eigenvalue weighted by Crippen LogP contribution is -2.14. The summed E-state index contributed by atoms with van der Waals surface area (Å²) in [7, 11) is 0. The van der Waals surface area contributed by atoms with Gasteiger partial charge in [-0.3, -0.25) is 4.79 Å². The maximum absolute atomic E-state index is 11.5. The Morgan fingerprint density at radius 1 is 1.41 bits per heavy atom. The summed E-state index contributed by atoms with van der Waals surface area (Å²) >= 11 is 13.3. The molecule has 1 aromatic rings. The van der Waals surface area contributed by atoms with E-state index in [1.807, 2.05) is 0 Å². The Hall–Kier alpha value is -0.580. The van der Waals surface area contributed by atoms with Crippen LogP contribution in [-0.2, 0) is 4.79 Å². The summed E-state index contributed by atoms with van der Waals surface area (Å²) in [5.74, 6) is 1.32. The molecule has 1 amide bonds. The first kappa shape index (κ1) is 14.5. The molecule has 0 saturated heterocycles. The molecule has 0 aromatic heterocycles. The molecule has 0 heterocycles. The summed E-state index contributed by atoms with van der Waals surface area (Å²) in [4.78, 5) is 11.5. The quantitative estimate of drug-likeness (QED) is 0.643. The molecule has 0 fully saturated rings. The molecule has 94 valence electrons. The highest BCUT2D eigenvalue weighted by molar-refractivity contribution is 7.99. The molecule has 3 N–H and O–H groups in total. The van der Waals surface area contributed by atoms with Crippen LogP contribution in [0.5, 0.6) is 0 Å². The van der Waals surface area contributed by atoms with Crippen molar-refractivity contribution in [3.05, 3.63) is 22.2 Å². The van der Waals surface area contributed by atoms with Gasteiger partial charge in [0.1, 0.15) is 0 Å². The summed E-state index contributed by atoms with van der Waals surface area (Å²) in [5.41, 5.74) is 6.49. The fraction of sp³-hybridized carbons (Fsp3) is 0.364. The third kappa shape index (κ3) is 4.66. The molecule has 0 saturated carbocycles. The first-order chi connectivity index (χ1) is 8.04. The van der Waals surface area contributed by atoms with E-state index in [0.29, 0.717) is 27.2 Å². The minimum Gasteiger partial charge on any atom is -0.396 e. The summed E-state index contributed by atoms with van der Waals surface area (Å²) in [6, 6.07) is 3.18. The zero-order chi connectivity index (χ0) is 12.8. The fourth-order valence-electron chi connectivity index (χ4n) is 1.16. The molecule has 1 rings (SSSR count). The van der Waals surface area contributed by atoms with Crippen molar-refractivity contribution >= 4 is 52.2 Å². The maximum atomic E-state index is 11.5. The topological polar surface area (TPSA) is 55.1 Å². The first-order valence-electron chi connectivity index (χ1n) is 5.16. The Balaban J connectivity index is 2.60. The summed E-state index contributed by atoms with van der Waals surface area (Å²) in [6.07, 6.45) is 1.05. The van der Waals surface area contributed by atoms with E-state index in [4.69, 9.17) is 28.9 Å². The lowest BCUT2D eigenvalue weighted by Gasteiger charge is -2.08. The van der Waals surface area contributed by atoms with Gasteiger partial charge in [0.05, 0.1) is 21.5 Å². The normalized spacial score (nSPS) is 10.3. The van der Waals surface area contributed by atoms with E-state index < -0.39 is 0 Å². The third-order valence-electron chi connectivity index (χ3n) is 1.94. The number of nitrogens with two attached hydrogens (primary N) is 1. The van der Waals surface area contributed by atoms with Gasteiger partial charge in [-0.1, -0.05) is 30.1 Å². The van der Waals surface area contributed by atoms with E-state index in [0.717, 1.165) is 12.2 Å². The first-order valence-corrected chi connectivity index (χ1v) is 7.07. The van der Waals surface area contributed by atoms with Gasteiger partial charge in [-0.05, 0) is 24.3 Å². The maximum Gasteiger partial charge on any atom is 0.234 e. The predicted octanol–water partition coefficient (Wildman–Crippen LogP) is 3.66. The molecule has 6 heteroatoms. The van der Waals surface area contributed by atoms with E-state index in [2.05, 4.69) is 12.2 Å². The van der Waals surface area contributed by atoms with Gasteiger partial charge < -0.3 is 11.1 Å². The van der Waals surface area contributed by atoms with E-state index in [9.17, 15) is 4.79 Å². The largest absolute Gasteiger partial charge is 0.396 e. The molecule has 17 heavy (non-hydrogen) atoms. The van der Waals surface area contributed by atoms with Crippen LogP contribution in [0, 0.1) is 0 Å². The zero-order valence-corrected chi connectivity index (χ0v) is 11.8. The van der Waals surface area contributed by atoms with Crippen molar-refractivity contribution in [3.63, 3.8) is 0 Å². The SMILES string of the molecule is CCCSCC(=O)Nc1cc(Cl)c(N)c(Cl)c1. The Morgan fingerprint density at radius 2 is 2.00 bits per heavy atom. The van der Waals surface area contributed by atoms with Gasteiger partial charge in [-0.2, -0.15) is 11.8 Å². The van der Waals surface area contributed by atoms with Gasteiger partial charge in [0.2, 0.25) is 5.91 Å². The summed E-state index contributed by atoms with van der Waals surface area (Å²) in [6.45, 7) is 2.07. The van der Waals surface area contributed by atoms with Gasteiger partial charge in [-0.25, -0.2) is 0 Å². The molecule has 0 aliphatic heterocycles. The van der Waals surface area contributed by atoms with Crippen LogP contribution in [0.1, 0.15) is 13.3 Å². The third-order valence-corrected chi connectivity index (χ3v) is 3.73. The van der Waals surface area contributed by atoms with Crippen LogP contribution < -0.4 is 11.1 Å². The summed E-state index contributed by atoms with van der Waals surface area (Å²) in [5, 5.41) is 3.41. The number of thioether (sulfide) groups is 1. The monoisotopic (exact) mass is 292 g/mol. The number of amides is 1. The number of halogens is 2. The number of rotatable bonds is 5. The van der Waals surface area contributed by atoms with E-state index >= 15 is 0 Å². The van der Waals surface area contributed by atoms with Crippen LogP contribution >= 0.6 is 35.0 Å². The van der Waals surface area contributed by atoms with Crippen LogP contribution in [0.4, 0.5) is 11.4 Å². The van der Waals surface area contributed by atoms with Crippen LogP contribution in [0.15, 0.2) is 12.1 Å². The van der Waals surface area contributed by atoms with Crippen molar-refractivity contribution in [3.8, 4) is 0 Å². The van der Waals surface area contributed by atoms with Crippen molar-refractivity contribution in [2.45, 2.75) is 13.3 Å². The lowest BCUT2D eigenvalue weighted by molar-refractivity contribution is -0.113. The van der Waals surface area contributed by atoms with Crippen molar-refractivity contribution in [1.82, 2.24) is 0 Å². The van der Waals surface area contributed by atoms with Crippen molar-refractivity contribution < 1.29 is 4.79 Å². The standard InChI is InChI=1S/C11H14Cl2N2OS/c1-2-3-17-6-10(16)15-7-4-8(12)11(14)9(13)5-7/h4-5H,2-3,6,14H2,1H3,(H,15,16). The highest BCUT2D eigenvalue weighted by atomic mass is 35.5. The lowest BCUT2D eigenvalue weighted by atomic mass is 10.3. The Morgan fingerprint density at radius 3 is 2.53 bits per heavy atom. The highest BCUT2D eigenvalue weighted by Gasteiger charge is 2.07. The molecular weight excluding hydrogens is 279 g/mol. The fourth-order valence-corrected chi connectivity index (χ4v) is 2.34. The van der Waals surface area contributed by atoms with Gasteiger partial charge in [0, 0.05) is 5.69 Å². The molecule has 0 atom stereocenters. The molecule has 0 aliphatic carbocycles. The molecule has 3 nitrogen and oxygen atoms in total. The molecule has 0 aliphatic rings. The number of carbonyl (C=O) groups is 1. The average molecular weight is 293 g/mol. The Kier molecular flexibility index (Phi) is 5.95. The minimum absolute atomic E-state index is 0.0691.